The van der Waals surface area contributed by atoms with E-state index in [-0.39, 0.29) is 17.8 Å². The molecule has 1 aromatic heterocycles. The number of carbonyl (C=O) groups excluding carboxylic acids is 1. The summed E-state index contributed by atoms with van der Waals surface area (Å²) in [5, 5.41) is 0. The van der Waals surface area contributed by atoms with Gasteiger partial charge in [0.25, 0.3) is 5.91 Å². The number of aryl methyl sites for hydroxylation is 1. The normalized spacial score (nSPS) is 16.0. The highest BCUT2D eigenvalue weighted by atomic mass is 19.1. The van der Waals surface area contributed by atoms with Gasteiger partial charge in [0, 0.05) is 37.7 Å². The SMILES string of the molecule is Cc1ccccc1Cn1ccnc1CN(CC1CCCO1)C(=O)c1ccc(F)cc1. The van der Waals surface area contributed by atoms with E-state index in [4.69, 9.17) is 4.74 Å². The van der Waals surface area contributed by atoms with Gasteiger partial charge in [0.2, 0.25) is 0 Å². The van der Waals surface area contributed by atoms with E-state index in [1.807, 2.05) is 18.3 Å². The van der Waals surface area contributed by atoms with Crippen LogP contribution in [0.1, 0.15) is 40.2 Å². The topological polar surface area (TPSA) is 47.4 Å². The lowest BCUT2D eigenvalue weighted by Crippen LogP contribution is -2.37. The summed E-state index contributed by atoms with van der Waals surface area (Å²) in [6.45, 7) is 4.38. The van der Waals surface area contributed by atoms with E-state index in [0.717, 1.165) is 25.3 Å². The minimum absolute atomic E-state index is 0.0224. The lowest BCUT2D eigenvalue weighted by Gasteiger charge is -2.26. The van der Waals surface area contributed by atoms with E-state index >= 15 is 0 Å². The van der Waals surface area contributed by atoms with Crippen LogP contribution in [-0.2, 0) is 17.8 Å². The number of ether oxygens (including phenoxy) is 1. The monoisotopic (exact) mass is 407 g/mol. The zero-order valence-electron chi connectivity index (χ0n) is 17.1. The van der Waals surface area contributed by atoms with Crippen molar-refractivity contribution < 1.29 is 13.9 Å². The molecular weight excluding hydrogens is 381 g/mol. The van der Waals surface area contributed by atoms with Crippen molar-refractivity contribution in [1.82, 2.24) is 14.5 Å². The van der Waals surface area contributed by atoms with Crippen LogP contribution in [0.4, 0.5) is 4.39 Å². The summed E-state index contributed by atoms with van der Waals surface area (Å²) in [7, 11) is 0. The zero-order chi connectivity index (χ0) is 20.9. The fourth-order valence-electron chi connectivity index (χ4n) is 3.81. The summed E-state index contributed by atoms with van der Waals surface area (Å²) in [4.78, 5) is 19.5. The van der Waals surface area contributed by atoms with Crippen LogP contribution in [0.3, 0.4) is 0 Å². The minimum atomic E-state index is -0.356. The van der Waals surface area contributed by atoms with Crippen molar-refractivity contribution in [2.75, 3.05) is 13.2 Å². The predicted octanol–water partition coefficient (Wildman–Crippen LogP) is 4.20. The molecule has 2 heterocycles. The van der Waals surface area contributed by atoms with E-state index in [9.17, 15) is 9.18 Å². The third-order valence-electron chi connectivity index (χ3n) is 5.56. The molecule has 1 atom stereocenters. The molecule has 0 N–H and O–H groups in total. The molecule has 30 heavy (non-hydrogen) atoms. The summed E-state index contributed by atoms with van der Waals surface area (Å²) in [6.07, 6.45) is 5.67. The first-order valence-corrected chi connectivity index (χ1v) is 10.3. The van der Waals surface area contributed by atoms with Gasteiger partial charge >= 0.3 is 0 Å². The molecular formula is C24H26FN3O2. The van der Waals surface area contributed by atoms with E-state index < -0.39 is 0 Å². The molecule has 4 rings (SSSR count). The first-order valence-electron chi connectivity index (χ1n) is 10.3. The average Bonchev–Trinajstić information content (AvgIpc) is 3.42. The second kappa shape index (κ2) is 9.22. The van der Waals surface area contributed by atoms with Crippen LogP contribution < -0.4 is 0 Å². The van der Waals surface area contributed by atoms with Crippen LogP contribution >= 0.6 is 0 Å². The number of amides is 1. The van der Waals surface area contributed by atoms with Crippen LogP contribution in [0.15, 0.2) is 60.9 Å². The molecule has 1 fully saturated rings. The molecule has 156 valence electrons. The fourth-order valence-corrected chi connectivity index (χ4v) is 3.81. The maximum absolute atomic E-state index is 13.3. The maximum Gasteiger partial charge on any atom is 0.254 e. The standard InChI is InChI=1S/C24H26FN3O2/c1-18-5-2-3-6-20(18)15-27-13-12-26-23(27)17-28(16-22-7-4-14-30-22)24(29)19-8-10-21(25)11-9-19/h2-3,5-6,8-13,22H,4,7,14-17H2,1H3. The van der Waals surface area contributed by atoms with Crippen molar-refractivity contribution in [2.24, 2.45) is 0 Å². The van der Waals surface area contributed by atoms with Gasteiger partial charge in [0.15, 0.2) is 0 Å². The number of imidazole rings is 1. The van der Waals surface area contributed by atoms with Gasteiger partial charge in [-0.25, -0.2) is 9.37 Å². The third kappa shape index (κ3) is 4.76. The van der Waals surface area contributed by atoms with Gasteiger partial charge in [-0.3, -0.25) is 4.79 Å². The Morgan fingerprint density at radius 3 is 2.77 bits per heavy atom. The van der Waals surface area contributed by atoms with Crippen LogP contribution in [0, 0.1) is 12.7 Å². The molecule has 0 spiro atoms. The number of halogens is 1. The van der Waals surface area contributed by atoms with E-state index in [0.29, 0.717) is 25.2 Å². The second-order valence-electron chi connectivity index (χ2n) is 7.73. The number of nitrogens with zero attached hydrogens (tertiary/aromatic N) is 3. The average molecular weight is 407 g/mol. The van der Waals surface area contributed by atoms with Crippen LogP contribution in [0.2, 0.25) is 0 Å². The van der Waals surface area contributed by atoms with Gasteiger partial charge in [-0.05, 0) is 55.2 Å². The molecule has 1 amide bonds. The Hall–Kier alpha value is -2.99. The molecule has 0 bridgehead atoms. The summed E-state index contributed by atoms with van der Waals surface area (Å²) in [5.74, 6) is 0.314. The van der Waals surface area contributed by atoms with Crippen molar-refractivity contribution in [1.29, 1.82) is 0 Å². The molecule has 5 nitrogen and oxygen atoms in total. The quantitative estimate of drug-likeness (QED) is 0.590. The summed E-state index contributed by atoms with van der Waals surface area (Å²) in [5.41, 5.74) is 2.90. The Morgan fingerprint density at radius 1 is 1.23 bits per heavy atom. The lowest BCUT2D eigenvalue weighted by atomic mass is 10.1. The molecule has 1 aliphatic rings. The number of hydrogen-bond donors (Lipinski definition) is 0. The largest absolute Gasteiger partial charge is 0.376 e. The van der Waals surface area contributed by atoms with Crippen LogP contribution in [0.5, 0.6) is 0 Å². The number of carbonyl (C=O) groups is 1. The first-order chi connectivity index (χ1) is 14.6. The number of aromatic nitrogens is 2. The Kier molecular flexibility index (Phi) is 6.23. The number of benzene rings is 2. The molecule has 2 aromatic carbocycles. The molecule has 1 aliphatic heterocycles. The molecule has 6 heteroatoms. The highest BCUT2D eigenvalue weighted by Gasteiger charge is 2.25. The van der Waals surface area contributed by atoms with Crippen molar-refractivity contribution in [3.63, 3.8) is 0 Å². The Bertz CT molecular complexity index is 994. The van der Waals surface area contributed by atoms with Crippen molar-refractivity contribution >= 4 is 5.91 Å². The van der Waals surface area contributed by atoms with Gasteiger partial charge in [-0.1, -0.05) is 24.3 Å². The highest BCUT2D eigenvalue weighted by Crippen LogP contribution is 2.18. The zero-order valence-corrected chi connectivity index (χ0v) is 17.1. The van der Waals surface area contributed by atoms with Gasteiger partial charge in [-0.2, -0.15) is 0 Å². The number of rotatable bonds is 7. The molecule has 0 radical (unpaired) electrons. The molecule has 3 aromatic rings. The fraction of sp³-hybridized carbons (Fsp3) is 0.333. The second-order valence-corrected chi connectivity index (χ2v) is 7.73. The Balaban J connectivity index is 1.56. The Labute approximate surface area is 176 Å². The number of hydrogen-bond acceptors (Lipinski definition) is 3. The summed E-state index contributed by atoms with van der Waals surface area (Å²) >= 11 is 0. The predicted molar refractivity (Wildman–Crippen MR) is 113 cm³/mol. The van der Waals surface area contributed by atoms with Crippen molar-refractivity contribution in [3.8, 4) is 0 Å². The summed E-state index contributed by atoms with van der Waals surface area (Å²) < 4.78 is 21.2. The first kappa shape index (κ1) is 20.3. The van der Waals surface area contributed by atoms with Gasteiger partial charge in [0.1, 0.15) is 11.6 Å². The van der Waals surface area contributed by atoms with Gasteiger partial charge < -0.3 is 14.2 Å². The molecule has 1 unspecified atom stereocenters. The minimum Gasteiger partial charge on any atom is -0.376 e. The van der Waals surface area contributed by atoms with E-state index in [1.165, 1.54) is 35.4 Å². The van der Waals surface area contributed by atoms with Crippen molar-refractivity contribution in [3.05, 3.63) is 89.3 Å². The van der Waals surface area contributed by atoms with E-state index in [2.05, 4.69) is 28.6 Å². The molecule has 0 aliphatic carbocycles. The van der Waals surface area contributed by atoms with Gasteiger partial charge in [0.05, 0.1) is 12.6 Å². The Morgan fingerprint density at radius 2 is 2.03 bits per heavy atom. The maximum atomic E-state index is 13.3. The van der Waals surface area contributed by atoms with Gasteiger partial charge in [-0.15, -0.1) is 0 Å². The van der Waals surface area contributed by atoms with Crippen LogP contribution in [0.25, 0.3) is 0 Å². The molecule has 0 saturated carbocycles. The summed E-state index contributed by atoms with van der Waals surface area (Å²) in [6, 6.07) is 13.9. The third-order valence-corrected chi connectivity index (χ3v) is 5.56. The van der Waals surface area contributed by atoms with E-state index in [1.54, 1.807) is 11.1 Å². The van der Waals surface area contributed by atoms with Crippen LogP contribution in [-0.4, -0.2) is 39.6 Å². The molecule has 1 saturated heterocycles. The highest BCUT2D eigenvalue weighted by molar-refractivity contribution is 5.94. The lowest BCUT2D eigenvalue weighted by molar-refractivity contribution is 0.0499. The smallest absolute Gasteiger partial charge is 0.254 e. The van der Waals surface area contributed by atoms with Crippen molar-refractivity contribution in [2.45, 2.75) is 39.0 Å².